The monoisotopic (exact) mass is 533 g/mol. The lowest BCUT2D eigenvalue weighted by Gasteiger charge is -2.39. The quantitative estimate of drug-likeness (QED) is 0.349. The SMILES string of the molecule is Nc1ncnc2cc(CN3CCN(Cc4[nH]c5ccc(Cl)cc5c4CN4CCOCC4)CC3C=O)ccc12. The van der Waals surface area contributed by atoms with Crippen LogP contribution in [0.5, 0.6) is 0 Å². The number of rotatable bonds is 7. The second kappa shape index (κ2) is 11.0. The third-order valence-corrected chi connectivity index (χ3v) is 7.95. The van der Waals surface area contributed by atoms with Crippen LogP contribution >= 0.6 is 11.6 Å². The molecule has 198 valence electrons. The molecule has 4 aromatic rings. The molecule has 0 aliphatic carbocycles. The van der Waals surface area contributed by atoms with Gasteiger partial charge in [0.2, 0.25) is 0 Å². The van der Waals surface area contributed by atoms with Crippen molar-refractivity contribution in [2.24, 2.45) is 0 Å². The van der Waals surface area contributed by atoms with Crippen LogP contribution in [0.4, 0.5) is 5.82 Å². The maximum atomic E-state index is 12.2. The van der Waals surface area contributed by atoms with E-state index in [9.17, 15) is 4.79 Å². The van der Waals surface area contributed by atoms with E-state index in [4.69, 9.17) is 22.1 Å². The van der Waals surface area contributed by atoms with Crippen molar-refractivity contribution in [2.75, 3.05) is 51.7 Å². The summed E-state index contributed by atoms with van der Waals surface area (Å²) in [6.07, 6.45) is 2.56. The van der Waals surface area contributed by atoms with E-state index in [1.54, 1.807) is 0 Å². The van der Waals surface area contributed by atoms with Crippen LogP contribution in [0, 0.1) is 0 Å². The Morgan fingerprint density at radius 3 is 2.71 bits per heavy atom. The van der Waals surface area contributed by atoms with E-state index in [2.05, 4.69) is 41.8 Å². The number of aldehydes is 1. The number of nitrogens with zero attached hydrogens (tertiary/aromatic N) is 5. The molecule has 6 rings (SSSR count). The number of carbonyl (C=O) groups is 1. The van der Waals surface area contributed by atoms with E-state index in [0.29, 0.717) is 18.9 Å². The fourth-order valence-electron chi connectivity index (χ4n) is 5.63. The minimum atomic E-state index is -0.184. The second-order valence-electron chi connectivity index (χ2n) is 10.2. The average molecular weight is 534 g/mol. The predicted octanol–water partition coefficient (Wildman–Crippen LogP) is 3.06. The van der Waals surface area contributed by atoms with Gasteiger partial charge in [-0.3, -0.25) is 14.7 Å². The molecule has 2 fully saturated rings. The zero-order chi connectivity index (χ0) is 26.1. The molecule has 0 amide bonds. The number of aromatic nitrogens is 3. The molecule has 1 unspecified atom stereocenters. The number of hydrogen-bond donors (Lipinski definition) is 2. The first-order chi connectivity index (χ1) is 18.6. The number of nitrogen functional groups attached to an aromatic ring is 1. The summed E-state index contributed by atoms with van der Waals surface area (Å²) in [6, 6.07) is 11.9. The lowest BCUT2D eigenvalue weighted by Crippen LogP contribution is -2.53. The van der Waals surface area contributed by atoms with Crippen LogP contribution in [-0.2, 0) is 29.2 Å². The maximum Gasteiger partial charge on any atom is 0.138 e. The van der Waals surface area contributed by atoms with Gasteiger partial charge in [0.1, 0.15) is 18.4 Å². The molecule has 4 heterocycles. The Bertz CT molecular complexity index is 1450. The van der Waals surface area contributed by atoms with E-state index >= 15 is 0 Å². The molecule has 2 aromatic carbocycles. The van der Waals surface area contributed by atoms with Crippen molar-refractivity contribution in [2.45, 2.75) is 25.7 Å². The number of nitrogens with one attached hydrogen (secondary N) is 1. The van der Waals surface area contributed by atoms with E-state index in [1.165, 1.54) is 23.0 Å². The standard InChI is InChI=1S/C28H32ClN7O2/c29-20-2-4-25-23(12-20)24(15-34-7-9-38-10-8-34)27(33-25)16-35-5-6-36(21(14-35)17-37)13-19-1-3-22-26(11-19)31-18-32-28(22)30/h1-4,11-12,17-18,21,33H,5-10,13-16H2,(H2,30,31,32). The van der Waals surface area contributed by atoms with E-state index in [1.807, 2.05) is 24.3 Å². The summed E-state index contributed by atoms with van der Waals surface area (Å²) in [5, 5.41) is 2.76. The Kier molecular flexibility index (Phi) is 7.27. The van der Waals surface area contributed by atoms with Crippen LogP contribution in [0.15, 0.2) is 42.7 Å². The van der Waals surface area contributed by atoms with Crippen LogP contribution in [0.3, 0.4) is 0 Å². The van der Waals surface area contributed by atoms with E-state index < -0.39 is 0 Å². The summed E-state index contributed by atoms with van der Waals surface area (Å²) in [5.74, 6) is 0.480. The second-order valence-corrected chi connectivity index (χ2v) is 10.6. The van der Waals surface area contributed by atoms with Crippen molar-refractivity contribution in [1.82, 2.24) is 29.7 Å². The van der Waals surface area contributed by atoms with Crippen LogP contribution < -0.4 is 5.73 Å². The Balaban J connectivity index is 1.18. The Morgan fingerprint density at radius 2 is 1.87 bits per heavy atom. The average Bonchev–Trinajstić information content (AvgIpc) is 3.26. The van der Waals surface area contributed by atoms with Crippen LogP contribution in [0.2, 0.25) is 5.02 Å². The van der Waals surface area contributed by atoms with Gasteiger partial charge in [-0.05, 0) is 41.5 Å². The largest absolute Gasteiger partial charge is 0.383 e. The maximum absolute atomic E-state index is 12.2. The topological polar surface area (TPSA) is 104 Å². The van der Waals surface area contributed by atoms with E-state index in [-0.39, 0.29) is 6.04 Å². The zero-order valence-electron chi connectivity index (χ0n) is 21.3. The number of benzene rings is 2. The summed E-state index contributed by atoms with van der Waals surface area (Å²) < 4.78 is 5.55. The number of nitrogens with two attached hydrogens (primary N) is 1. The van der Waals surface area contributed by atoms with Crippen LogP contribution in [-0.4, -0.2) is 87.9 Å². The lowest BCUT2D eigenvalue weighted by molar-refractivity contribution is -0.115. The minimum absolute atomic E-state index is 0.184. The van der Waals surface area contributed by atoms with Gasteiger partial charge in [-0.1, -0.05) is 17.7 Å². The minimum Gasteiger partial charge on any atom is -0.383 e. The number of carbonyl (C=O) groups excluding carboxylic acids is 1. The van der Waals surface area contributed by atoms with Gasteiger partial charge in [-0.2, -0.15) is 0 Å². The highest BCUT2D eigenvalue weighted by Gasteiger charge is 2.28. The van der Waals surface area contributed by atoms with Crippen molar-refractivity contribution in [3.8, 4) is 0 Å². The van der Waals surface area contributed by atoms with Crippen molar-refractivity contribution in [3.05, 3.63) is 64.6 Å². The molecular formula is C28H32ClN7O2. The van der Waals surface area contributed by atoms with Gasteiger partial charge in [0, 0.05) is 79.4 Å². The first-order valence-corrected chi connectivity index (χ1v) is 13.4. The smallest absolute Gasteiger partial charge is 0.138 e. The molecule has 3 N–H and O–H groups in total. The van der Waals surface area contributed by atoms with Gasteiger partial charge >= 0.3 is 0 Å². The Hall–Kier alpha value is -3.08. The molecule has 1 atom stereocenters. The third-order valence-electron chi connectivity index (χ3n) is 7.72. The normalized spacial score (nSPS) is 19.9. The molecule has 2 aliphatic rings. The summed E-state index contributed by atoms with van der Waals surface area (Å²) in [5.41, 5.74) is 11.5. The van der Waals surface area contributed by atoms with E-state index in [0.717, 1.165) is 85.8 Å². The van der Waals surface area contributed by atoms with Crippen molar-refractivity contribution >= 4 is 45.5 Å². The van der Waals surface area contributed by atoms with Crippen LogP contribution in [0.25, 0.3) is 21.8 Å². The van der Waals surface area contributed by atoms with Crippen molar-refractivity contribution < 1.29 is 9.53 Å². The summed E-state index contributed by atoms with van der Waals surface area (Å²) in [6.45, 7) is 8.03. The fourth-order valence-corrected chi connectivity index (χ4v) is 5.80. The lowest BCUT2D eigenvalue weighted by atomic mass is 10.1. The van der Waals surface area contributed by atoms with Gasteiger partial charge in [0.25, 0.3) is 0 Å². The highest BCUT2D eigenvalue weighted by atomic mass is 35.5. The number of halogens is 1. The molecule has 0 saturated carbocycles. The summed E-state index contributed by atoms with van der Waals surface area (Å²) >= 11 is 6.38. The highest BCUT2D eigenvalue weighted by molar-refractivity contribution is 6.31. The van der Waals surface area contributed by atoms with Gasteiger partial charge < -0.3 is 20.2 Å². The van der Waals surface area contributed by atoms with Gasteiger partial charge in [-0.25, -0.2) is 9.97 Å². The molecule has 9 nitrogen and oxygen atoms in total. The molecule has 10 heteroatoms. The number of aromatic amines is 1. The van der Waals surface area contributed by atoms with Gasteiger partial charge in [0.05, 0.1) is 24.8 Å². The number of fused-ring (bicyclic) bond motifs is 2. The predicted molar refractivity (Wildman–Crippen MR) is 149 cm³/mol. The van der Waals surface area contributed by atoms with Gasteiger partial charge in [-0.15, -0.1) is 0 Å². The molecule has 2 saturated heterocycles. The molecule has 2 aliphatic heterocycles. The van der Waals surface area contributed by atoms with Crippen molar-refractivity contribution in [3.63, 3.8) is 0 Å². The Labute approximate surface area is 226 Å². The molecular weight excluding hydrogens is 502 g/mol. The molecule has 38 heavy (non-hydrogen) atoms. The molecule has 0 bridgehead atoms. The molecule has 0 radical (unpaired) electrons. The van der Waals surface area contributed by atoms with Gasteiger partial charge in [0.15, 0.2) is 0 Å². The summed E-state index contributed by atoms with van der Waals surface area (Å²) in [4.78, 5) is 31.3. The first kappa shape index (κ1) is 25.2. The van der Waals surface area contributed by atoms with Crippen LogP contribution in [0.1, 0.15) is 16.8 Å². The number of anilines is 1. The highest BCUT2D eigenvalue weighted by Crippen LogP contribution is 2.29. The number of ether oxygens (including phenoxy) is 1. The number of piperazine rings is 1. The molecule has 0 spiro atoms. The third kappa shape index (κ3) is 5.25. The zero-order valence-corrected chi connectivity index (χ0v) is 22.0. The number of morpholine rings is 1. The fraction of sp³-hybridized carbons (Fsp3) is 0.393. The van der Waals surface area contributed by atoms with Crippen molar-refractivity contribution in [1.29, 1.82) is 0 Å². The Morgan fingerprint density at radius 1 is 1.00 bits per heavy atom. The number of hydrogen-bond acceptors (Lipinski definition) is 8. The summed E-state index contributed by atoms with van der Waals surface area (Å²) in [7, 11) is 0. The molecule has 2 aromatic heterocycles. The first-order valence-electron chi connectivity index (χ1n) is 13.1. The number of H-pyrrole nitrogens is 1.